The molecule has 0 saturated carbocycles. The summed E-state index contributed by atoms with van der Waals surface area (Å²) in [5.74, 6) is 0. The number of hydrogen-bond acceptors (Lipinski definition) is 3. The molecule has 0 aliphatic rings. The van der Waals surface area contributed by atoms with Crippen LogP contribution in [-0.2, 0) is 9.84 Å². The van der Waals surface area contributed by atoms with Crippen LogP contribution in [0.1, 0.15) is 0 Å². The van der Waals surface area contributed by atoms with Crippen LogP contribution in [0.2, 0.25) is 0 Å². The van der Waals surface area contributed by atoms with Gasteiger partial charge in [-0.15, -0.1) is 11.6 Å². The van der Waals surface area contributed by atoms with E-state index in [1.165, 1.54) is 24.3 Å². The minimum atomic E-state index is -3.90. The van der Waals surface area contributed by atoms with Crippen molar-refractivity contribution in [2.75, 3.05) is 0 Å². The Morgan fingerprint density at radius 1 is 1.12 bits per heavy atom. The van der Waals surface area contributed by atoms with Crippen LogP contribution in [-0.4, -0.2) is 16.9 Å². The number of benzene rings is 1. The number of alkyl halides is 4. The molecular weight excluding hydrogens is 369 g/mol. The van der Waals surface area contributed by atoms with E-state index < -0.39 is 18.3 Å². The lowest BCUT2D eigenvalue weighted by molar-refractivity contribution is 0.592. The summed E-state index contributed by atoms with van der Waals surface area (Å²) >= 11 is 22.1. The zero-order valence-electron chi connectivity index (χ0n) is 7.91. The lowest BCUT2D eigenvalue weighted by atomic mass is 10.4. The van der Waals surface area contributed by atoms with Crippen molar-refractivity contribution >= 4 is 77.9 Å². The van der Waals surface area contributed by atoms with E-state index in [9.17, 15) is 8.42 Å². The quantitative estimate of drug-likeness (QED) is 0.723. The molecule has 0 N–H and O–H groups in total. The molecular formula is C8H5Cl5O2S2. The van der Waals surface area contributed by atoms with Gasteiger partial charge in [0.15, 0.2) is 14.5 Å². The number of sulfone groups is 1. The molecule has 0 radical (unpaired) electrons. The molecule has 1 aromatic rings. The summed E-state index contributed by atoms with van der Waals surface area (Å²) in [6.07, 6.45) is 0. The second-order valence-corrected chi connectivity index (χ2v) is 9.14. The van der Waals surface area contributed by atoms with E-state index in [4.69, 9.17) is 57.1 Å². The minimum absolute atomic E-state index is 0.0294. The number of halogens is 5. The summed E-state index contributed by atoms with van der Waals surface area (Å²) in [6, 6.07) is 5.77. The Balaban J connectivity index is 3.13. The van der Waals surface area contributed by atoms with Gasteiger partial charge in [-0.05, 0) is 45.9 Å². The van der Waals surface area contributed by atoms with Crippen LogP contribution in [0.25, 0.3) is 0 Å². The highest BCUT2D eigenvalue weighted by Gasteiger charge is 2.42. The van der Waals surface area contributed by atoms with Gasteiger partial charge in [0.1, 0.15) is 0 Å². The molecule has 0 spiro atoms. The third-order valence-corrected chi connectivity index (χ3v) is 6.99. The van der Waals surface area contributed by atoms with Crippen molar-refractivity contribution in [3.8, 4) is 0 Å². The van der Waals surface area contributed by atoms with Gasteiger partial charge in [-0.3, -0.25) is 0 Å². The molecule has 0 aliphatic heterocycles. The standard InChI is InChI=1S/C8H5Cl5O2S2/c9-7(8(10,11)12)17(14,15)6-3-1-5(16-13)2-4-6/h1-4,7H. The van der Waals surface area contributed by atoms with Crippen molar-refractivity contribution in [1.82, 2.24) is 0 Å². The van der Waals surface area contributed by atoms with E-state index >= 15 is 0 Å². The van der Waals surface area contributed by atoms with Crippen molar-refractivity contribution < 1.29 is 8.42 Å². The molecule has 1 rings (SSSR count). The fourth-order valence-electron chi connectivity index (χ4n) is 0.976. The summed E-state index contributed by atoms with van der Waals surface area (Å²) < 4.78 is 20.2. The Morgan fingerprint density at radius 3 is 1.94 bits per heavy atom. The maximum atomic E-state index is 12.0. The molecule has 2 nitrogen and oxygen atoms in total. The van der Waals surface area contributed by atoms with Crippen LogP contribution >= 0.6 is 68.1 Å². The smallest absolute Gasteiger partial charge is 0.221 e. The topological polar surface area (TPSA) is 34.1 Å². The van der Waals surface area contributed by atoms with Gasteiger partial charge in [0, 0.05) is 4.90 Å². The summed E-state index contributed by atoms with van der Waals surface area (Å²) in [4.78, 5) is 0.670. The van der Waals surface area contributed by atoms with E-state index in [0.717, 1.165) is 11.0 Å². The van der Waals surface area contributed by atoms with E-state index in [1.54, 1.807) is 0 Å². The summed E-state index contributed by atoms with van der Waals surface area (Å²) in [5, 5.41) is 0. The predicted octanol–water partition coefficient (Wildman–Crippen LogP) is 4.64. The zero-order valence-corrected chi connectivity index (χ0v) is 13.3. The minimum Gasteiger partial charge on any atom is -0.222 e. The molecule has 1 unspecified atom stereocenters. The average Bonchev–Trinajstić information content (AvgIpc) is 2.27. The molecule has 0 heterocycles. The van der Waals surface area contributed by atoms with Crippen molar-refractivity contribution in [2.45, 2.75) is 18.3 Å². The molecule has 0 saturated heterocycles. The van der Waals surface area contributed by atoms with E-state index in [0.29, 0.717) is 4.90 Å². The van der Waals surface area contributed by atoms with Crippen LogP contribution in [0, 0.1) is 0 Å². The molecule has 0 aromatic heterocycles. The second kappa shape index (κ2) is 5.95. The van der Waals surface area contributed by atoms with Crippen molar-refractivity contribution in [2.24, 2.45) is 0 Å². The summed E-state index contributed by atoms with van der Waals surface area (Å²) in [7, 11) is 2.57. The highest BCUT2D eigenvalue weighted by atomic mass is 35.7. The zero-order chi connectivity index (χ0) is 13.3. The largest absolute Gasteiger partial charge is 0.222 e. The third kappa shape index (κ3) is 3.96. The fraction of sp³-hybridized carbons (Fsp3) is 0.250. The highest BCUT2D eigenvalue weighted by Crippen LogP contribution is 2.39. The Kier molecular flexibility index (Phi) is 5.61. The first-order valence-corrected chi connectivity index (χ1v) is 8.79. The van der Waals surface area contributed by atoms with Crippen LogP contribution in [0.4, 0.5) is 0 Å². The molecule has 96 valence electrons. The fourth-order valence-corrected chi connectivity index (χ4v) is 3.99. The van der Waals surface area contributed by atoms with Gasteiger partial charge in [0.05, 0.1) is 4.90 Å². The average molecular weight is 375 g/mol. The lowest BCUT2D eigenvalue weighted by Crippen LogP contribution is -2.29. The van der Waals surface area contributed by atoms with Crippen molar-refractivity contribution in [1.29, 1.82) is 0 Å². The maximum Gasteiger partial charge on any atom is 0.221 e. The molecule has 1 aromatic carbocycles. The third-order valence-electron chi connectivity index (χ3n) is 1.77. The van der Waals surface area contributed by atoms with Gasteiger partial charge in [-0.1, -0.05) is 34.8 Å². The summed E-state index contributed by atoms with van der Waals surface area (Å²) in [5.41, 5.74) is 0. The van der Waals surface area contributed by atoms with Gasteiger partial charge in [0.25, 0.3) is 0 Å². The molecule has 0 fully saturated rings. The molecule has 1 atom stereocenters. The molecule has 0 bridgehead atoms. The lowest BCUT2D eigenvalue weighted by Gasteiger charge is -2.18. The van der Waals surface area contributed by atoms with Crippen LogP contribution in [0.15, 0.2) is 34.1 Å². The summed E-state index contributed by atoms with van der Waals surface area (Å²) in [6.45, 7) is 0. The van der Waals surface area contributed by atoms with E-state index in [-0.39, 0.29) is 4.90 Å². The normalized spacial score (nSPS) is 14.6. The van der Waals surface area contributed by atoms with Gasteiger partial charge in [0.2, 0.25) is 3.79 Å². The monoisotopic (exact) mass is 372 g/mol. The van der Waals surface area contributed by atoms with Crippen LogP contribution in [0.5, 0.6) is 0 Å². The molecule has 0 aliphatic carbocycles. The second-order valence-electron chi connectivity index (χ2n) is 2.95. The number of hydrogen-bond donors (Lipinski definition) is 0. The predicted molar refractivity (Wildman–Crippen MR) is 75.3 cm³/mol. The molecule has 17 heavy (non-hydrogen) atoms. The highest BCUT2D eigenvalue weighted by molar-refractivity contribution is 8.21. The Bertz CT molecular complexity index is 480. The molecule has 0 amide bonds. The maximum absolute atomic E-state index is 12.0. The van der Waals surface area contributed by atoms with Gasteiger partial charge >= 0.3 is 0 Å². The first kappa shape index (κ1) is 16.0. The first-order valence-electron chi connectivity index (χ1n) is 4.03. The first-order chi connectivity index (χ1) is 7.69. The van der Waals surface area contributed by atoms with Gasteiger partial charge < -0.3 is 0 Å². The Hall–Kier alpha value is 0.970. The van der Waals surface area contributed by atoms with Crippen molar-refractivity contribution in [3.63, 3.8) is 0 Å². The Labute approximate surface area is 128 Å². The molecule has 9 heteroatoms. The SMILES string of the molecule is O=S(=O)(c1ccc(SCl)cc1)C(Cl)C(Cl)(Cl)Cl. The van der Waals surface area contributed by atoms with Crippen molar-refractivity contribution in [3.05, 3.63) is 24.3 Å². The number of rotatable bonds is 3. The van der Waals surface area contributed by atoms with E-state index in [1.807, 2.05) is 0 Å². The Morgan fingerprint density at radius 2 is 1.59 bits per heavy atom. The van der Waals surface area contributed by atoms with Crippen LogP contribution < -0.4 is 0 Å². The van der Waals surface area contributed by atoms with E-state index in [2.05, 4.69) is 0 Å². The van der Waals surface area contributed by atoms with Crippen LogP contribution in [0.3, 0.4) is 0 Å². The van der Waals surface area contributed by atoms with Gasteiger partial charge in [-0.25, -0.2) is 8.42 Å². The van der Waals surface area contributed by atoms with Gasteiger partial charge in [-0.2, -0.15) is 0 Å².